The first kappa shape index (κ1) is 16.0. The number of benzene rings is 1. The molecule has 1 aliphatic rings. The van der Waals surface area contributed by atoms with E-state index < -0.39 is 0 Å². The zero-order chi connectivity index (χ0) is 16.2. The van der Waals surface area contributed by atoms with E-state index >= 15 is 0 Å². The molecule has 4 nitrogen and oxygen atoms in total. The van der Waals surface area contributed by atoms with Crippen LogP contribution in [-0.2, 0) is 11.2 Å². The Hall–Kier alpha value is -1.85. The molecule has 120 valence electrons. The van der Waals surface area contributed by atoms with Crippen LogP contribution >= 0.6 is 22.9 Å². The lowest BCUT2D eigenvalue weighted by molar-refractivity contribution is -0.131. The first-order chi connectivity index (χ1) is 11.1. The summed E-state index contributed by atoms with van der Waals surface area (Å²) in [4.78, 5) is 29.3. The quantitative estimate of drug-likeness (QED) is 0.855. The van der Waals surface area contributed by atoms with E-state index in [1.165, 1.54) is 11.3 Å². The summed E-state index contributed by atoms with van der Waals surface area (Å²) in [5.74, 6) is 0.123. The maximum Gasteiger partial charge on any atom is 0.253 e. The number of halogens is 1. The topological polar surface area (TPSA) is 40.6 Å². The fourth-order valence-electron chi connectivity index (χ4n) is 2.63. The average Bonchev–Trinajstić information content (AvgIpc) is 3.00. The molecule has 23 heavy (non-hydrogen) atoms. The van der Waals surface area contributed by atoms with Gasteiger partial charge in [0.05, 0.1) is 10.8 Å². The Morgan fingerprint density at radius 2 is 1.61 bits per heavy atom. The molecule has 0 unspecified atom stereocenters. The molecule has 2 heterocycles. The second-order valence-electron chi connectivity index (χ2n) is 5.42. The van der Waals surface area contributed by atoms with Crippen molar-refractivity contribution in [1.82, 2.24) is 9.80 Å². The predicted molar refractivity (Wildman–Crippen MR) is 92.0 cm³/mol. The van der Waals surface area contributed by atoms with Gasteiger partial charge in [-0.25, -0.2) is 0 Å². The van der Waals surface area contributed by atoms with Crippen LogP contribution < -0.4 is 0 Å². The highest BCUT2D eigenvalue weighted by Crippen LogP contribution is 2.22. The molecule has 0 saturated carbocycles. The van der Waals surface area contributed by atoms with Gasteiger partial charge < -0.3 is 9.80 Å². The van der Waals surface area contributed by atoms with Crippen LogP contribution in [-0.4, -0.2) is 47.8 Å². The monoisotopic (exact) mass is 348 g/mol. The van der Waals surface area contributed by atoms with Crippen molar-refractivity contribution in [3.05, 3.63) is 57.2 Å². The second kappa shape index (κ2) is 7.15. The molecule has 1 aromatic heterocycles. The molecular formula is C17H17ClN2O2S. The van der Waals surface area contributed by atoms with Crippen molar-refractivity contribution in [3.8, 4) is 0 Å². The van der Waals surface area contributed by atoms with Crippen LogP contribution in [0.25, 0.3) is 0 Å². The van der Waals surface area contributed by atoms with E-state index in [1.54, 1.807) is 4.90 Å². The Kier molecular flexibility index (Phi) is 4.98. The third-order valence-corrected chi connectivity index (χ3v) is 5.13. The highest BCUT2D eigenvalue weighted by molar-refractivity contribution is 7.16. The lowest BCUT2D eigenvalue weighted by Crippen LogP contribution is -2.50. The number of thiophene rings is 1. The summed E-state index contributed by atoms with van der Waals surface area (Å²) in [7, 11) is 0. The summed E-state index contributed by atoms with van der Waals surface area (Å²) in [5, 5.41) is 0. The van der Waals surface area contributed by atoms with Crippen molar-refractivity contribution in [2.24, 2.45) is 0 Å². The number of rotatable bonds is 3. The predicted octanol–water partition coefficient (Wildman–Crippen LogP) is 2.93. The minimum atomic E-state index is 0.0303. The van der Waals surface area contributed by atoms with Gasteiger partial charge in [0.15, 0.2) is 0 Å². The van der Waals surface area contributed by atoms with Gasteiger partial charge in [0.25, 0.3) is 5.91 Å². The standard InChI is InChI=1S/C17H17ClN2O2S/c18-15-7-6-14(23-15)12-16(21)19-8-10-20(11-9-19)17(22)13-4-2-1-3-5-13/h1-7H,8-12H2. The van der Waals surface area contributed by atoms with Crippen LogP contribution in [0.5, 0.6) is 0 Å². The molecule has 0 radical (unpaired) electrons. The van der Waals surface area contributed by atoms with Gasteiger partial charge in [-0.05, 0) is 24.3 Å². The summed E-state index contributed by atoms with van der Waals surface area (Å²) in [6.07, 6.45) is 0.379. The van der Waals surface area contributed by atoms with Gasteiger partial charge in [0.1, 0.15) is 0 Å². The highest BCUT2D eigenvalue weighted by Gasteiger charge is 2.24. The summed E-state index contributed by atoms with van der Waals surface area (Å²) < 4.78 is 0.700. The van der Waals surface area contributed by atoms with Crippen molar-refractivity contribution in [2.45, 2.75) is 6.42 Å². The smallest absolute Gasteiger partial charge is 0.253 e. The summed E-state index contributed by atoms with van der Waals surface area (Å²) in [5.41, 5.74) is 0.695. The van der Waals surface area contributed by atoms with Gasteiger partial charge in [0, 0.05) is 36.6 Å². The molecule has 1 aliphatic heterocycles. The van der Waals surface area contributed by atoms with Crippen molar-refractivity contribution >= 4 is 34.8 Å². The van der Waals surface area contributed by atoms with E-state index in [2.05, 4.69) is 0 Å². The third-order valence-electron chi connectivity index (χ3n) is 3.89. The lowest BCUT2D eigenvalue weighted by Gasteiger charge is -2.34. The van der Waals surface area contributed by atoms with Crippen LogP contribution in [0.1, 0.15) is 15.2 Å². The van der Waals surface area contributed by atoms with Crippen molar-refractivity contribution in [2.75, 3.05) is 26.2 Å². The van der Waals surface area contributed by atoms with Crippen LogP contribution in [0, 0.1) is 0 Å². The molecule has 0 N–H and O–H groups in total. The summed E-state index contributed by atoms with van der Waals surface area (Å²) in [6, 6.07) is 13.0. The number of carbonyl (C=O) groups excluding carboxylic acids is 2. The number of piperazine rings is 1. The Balaban J connectivity index is 1.54. The summed E-state index contributed by atoms with van der Waals surface area (Å²) in [6.45, 7) is 2.31. The number of nitrogens with zero attached hydrogens (tertiary/aromatic N) is 2. The average molecular weight is 349 g/mol. The van der Waals surface area contributed by atoms with Gasteiger partial charge in [-0.15, -0.1) is 11.3 Å². The lowest BCUT2D eigenvalue weighted by atomic mass is 10.2. The number of carbonyl (C=O) groups is 2. The number of amides is 2. The molecular weight excluding hydrogens is 332 g/mol. The molecule has 1 fully saturated rings. The van der Waals surface area contributed by atoms with E-state index in [0.717, 1.165) is 4.88 Å². The van der Waals surface area contributed by atoms with Gasteiger partial charge in [-0.1, -0.05) is 29.8 Å². The zero-order valence-corrected chi connectivity index (χ0v) is 14.1. The van der Waals surface area contributed by atoms with Crippen molar-refractivity contribution < 1.29 is 9.59 Å². The van der Waals surface area contributed by atoms with E-state index in [1.807, 2.05) is 47.4 Å². The van der Waals surface area contributed by atoms with Crippen LogP contribution in [0.2, 0.25) is 4.34 Å². The SMILES string of the molecule is O=C(Cc1ccc(Cl)s1)N1CCN(C(=O)c2ccccc2)CC1. The van der Waals surface area contributed by atoms with Crippen LogP contribution in [0.4, 0.5) is 0 Å². The molecule has 0 atom stereocenters. The molecule has 0 bridgehead atoms. The zero-order valence-electron chi connectivity index (χ0n) is 12.6. The van der Waals surface area contributed by atoms with Gasteiger partial charge >= 0.3 is 0 Å². The highest BCUT2D eigenvalue weighted by atomic mass is 35.5. The normalized spacial score (nSPS) is 14.8. The molecule has 1 aromatic carbocycles. The molecule has 3 rings (SSSR count). The van der Waals surface area contributed by atoms with E-state index in [9.17, 15) is 9.59 Å². The Morgan fingerprint density at radius 3 is 2.22 bits per heavy atom. The van der Waals surface area contributed by atoms with E-state index in [4.69, 9.17) is 11.6 Å². The van der Waals surface area contributed by atoms with Gasteiger partial charge in [0.2, 0.25) is 5.91 Å². The van der Waals surface area contributed by atoms with Crippen molar-refractivity contribution in [3.63, 3.8) is 0 Å². The van der Waals surface area contributed by atoms with E-state index in [0.29, 0.717) is 42.5 Å². The molecule has 0 aliphatic carbocycles. The fourth-order valence-corrected chi connectivity index (χ4v) is 3.71. The van der Waals surface area contributed by atoms with Gasteiger partial charge in [-0.2, -0.15) is 0 Å². The Labute approximate surface area is 144 Å². The van der Waals surface area contributed by atoms with Crippen molar-refractivity contribution in [1.29, 1.82) is 0 Å². The molecule has 1 saturated heterocycles. The minimum absolute atomic E-state index is 0.0303. The Morgan fingerprint density at radius 1 is 0.957 bits per heavy atom. The third kappa shape index (κ3) is 3.92. The second-order valence-corrected chi connectivity index (χ2v) is 7.22. The largest absolute Gasteiger partial charge is 0.339 e. The first-order valence-corrected chi connectivity index (χ1v) is 8.69. The molecule has 6 heteroatoms. The molecule has 0 spiro atoms. The van der Waals surface area contributed by atoms with Gasteiger partial charge in [-0.3, -0.25) is 9.59 Å². The van der Waals surface area contributed by atoms with Crippen LogP contribution in [0.3, 0.4) is 0 Å². The molecule has 2 aromatic rings. The van der Waals surface area contributed by atoms with E-state index in [-0.39, 0.29) is 11.8 Å². The summed E-state index contributed by atoms with van der Waals surface area (Å²) >= 11 is 7.33. The molecule has 2 amide bonds. The number of hydrogen-bond acceptors (Lipinski definition) is 3. The maximum absolute atomic E-state index is 12.4. The Bertz CT molecular complexity index is 694. The minimum Gasteiger partial charge on any atom is -0.339 e. The van der Waals surface area contributed by atoms with Crippen LogP contribution in [0.15, 0.2) is 42.5 Å². The maximum atomic E-state index is 12.4. The first-order valence-electron chi connectivity index (χ1n) is 7.50. The number of hydrogen-bond donors (Lipinski definition) is 0. The fraction of sp³-hybridized carbons (Fsp3) is 0.294.